The van der Waals surface area contributed by atoms with Crippen LogP contribution in [0, 0.1) is 6.92 Å². The third-order valence-corrected chi connectivity index (χ3v) is 4.52. The molecule has 0 bridgehead atoms. The third kappa shape index (κ3) is 3.99. The number of nitrogens with one attached hydrogen (secondary N) is 1. The molecule has 1 aromatic rings. The number of β-amino-alcohol motifs (C(OH)–C–C–N with tert-alkyl or cyclic N) is 1. The summed E-state index contributed by atoms with van der Waals surface area (Å²) >= 11 is 0. The quantitative estimate of drug-likeness (QED) is 0.860. The molecule has 2 aliphatic heterocycles. The lowest BCUT2D eigenvalue weighted by Crippen LogP contribution is -2.49. The fraction of sp³-hybridized carbons (Fsp3) is 0.625. The highest BCUT2D eigenvalue weighted by atomic mass is 35.5. The van der Waals surface area contributed by atoms with Gasteiger partial charge >= 0.3 is 0 Å². The van der Waals surface area contributed by atoms with Crippen molar-refractivity contribution in [1.82, 2.24) is 5.32 Å². The number of halogens is 2. The minimum atomic E-state index is -0.165. The number of aliphatic hydroxyl groups is 1. The summed E-state index contributed by atoms with van der Waals surface area (Å²) in [6.45, 7) is 9.36. The van der Waals surface area contributed by atoms with E-state index in [0.29, 0.717) is 6.04 Å². The molecule has 2 heterocycles. The minimum absolute atomic E-state index is 0. The molecule has 3 rings (SSSR count). The van der Waals surface area contributed by atoms with Crippen LogP contribution in [0.1, 0.15) is 18.9 Å². The van der Waals surface area contributed by atoms with Crippen LogP contribution < -0.4 is 15.1 Å². The van der Waals surface area contributed by atoms with Crippen molar-refractivity contribution in [2.45, 2.75) is 32.4 Å². The summed E-state index contributed by atoms with van der Waals surface area (Å²) in [5, 5.41) is 13.1. The number of nitrogens with zero attached hydrogens (tertiary/aromatic N) is 2. The maximum absolute atomic E-state index is 9.69. The van der Waals surface area contributed by atoms with Crippen LogP contribution >= 0.6 is 24.8 Å². The summed E-state index contributed by atoms with van der Waals surface area (Å²) in [6.07, 6.45) is 0.720. The molecule has 0 spiro atoms. The molecular weight excluding hydrogens is 321 g/mol. The minimum Gasteiger partial charge on any atom is -0.391 e. The molecule has 0 saturated carbocycles. The molecule has 22 heavy (non-hydrogen) atoms. The maximum Gasteiger partial charge on any atom is 0.0731 e. The molecule has 0 unspecified atom stereocenters. The summed E-state index contributed by atoms with van der Waals surface area (Å²) in [5.74, 6) is 0. The fourth-order valence-corrected chi connectivity index (χ4v) is 3.36. The number of anilines is 2. The van der Waals surface area contributed by atoms with E-state index in [9.17, 15) is 5.11 Å². The summed E-state index contributed by atoms with van der Waals surface area (Å²) in [5.41, 5.74) is 3.90. The van der Waals surface area contributed by atoms with E-state index in [-0.39, 0.29) is 30.9 Å². The molecule has 0 amide bonds. The van der Waals surface area contributed by atoms with E-state index in [1.807, 2.05) is 0 Å². The Morgan fingerprint density at radius 3 is 2.59 bits per heavy atom. The van der Waals surface area contributed by atoms with Crippen LogP contribution in [-0.4, -0.2) is 50.0 Å². The van der Waals surface area contributed by atoms with Crippen molar-refractivity contribution in [2.75, 3.05) is 42.5 Å². The molecule has 2 N–H and O–H groups in total. The highest BCUT2D eigenvalue weighted by Gasteiger charge is 2.23. The van der Waals surface area contributed by atoms with E-state index >= 15 is 0 Å². The Balaban J connectivity index is 0.00000121. The zero-order chi connectivity index (χ0) is 14.1. The van der Waals surface area contributed by atoms with Crippen molar-refractivity contribution in [3.8, 4) is 0 Å². The molecule has 0 aromatic heterocycles. The monoisotopic (exact) mass is 347 g/mol. The molecule has 2 fully saturated rings. The first-order chi connectivity index (χ1) is 9.65. The molecule has 0 aliphatic carbocycles. The Kier molecular flexibility index (Phi) is 7.26. The van der Waals surface area contributed by atoms with Crippen molar-refractivity contribution in [3.05, 3.63) is 23.8 Å². The van der Waals surface area contributed by atoms with Gasteiger partial charge in [-0.15, -0.1) is 24.8 Å². The van der Waals surface area contributed by atoms with Gasteiger partial charge in [-0.25, -0.2) is 0 Å². The zero-order valence-corrected chi connectivity index (χ0v) is 14.9. The van der Waals surface area contributed by atoms with Crippen LogP contribution in [0.25, 0.3) is 0 Å². The first-order valence-corrected chi connectivity index (χ1v) is 7.66. The summed E-state index contributed by atoms with van der Waals surface area (Å²) in [4.78, 5) is 4.77. The first kappa shape index (κ1) is 19.4. The van der Waals surface area contributed by atoms with Gasteiger partial charge in [-0.3, -0.25) is 0 Å². The molecular formula is C16H27Cl2N3O. The van der Waals surface area contributed by atoms with Crippen molar-refractivity contribution in [1.29, 1.82) is 0 Å². The molecule has 6 heteroatoms. The van der Waals surface area contributed by atoms with Gasteiger partial charge in [-0.2, -0.15) is 0 Å². The van der Waals surface area contributed by atoms with Gasteiger partial charge in [-0.05, 0) is 44.0 Å². The van der Waals surface area contributed by atoms with Gasteiger partial charge in [0.2, 0.25) is 0 Å². The number of piperazine rings is 1. The second-order valence-electron chi connectivity index (χ2n) is 6.11. The van der Waals surface area contributed by atoms with E-state index in [2.05, 4.69) is 47.2 Å². The number of benzene rings is 1. The van der Waals surface area contributed by atoms with Gasteiger partial charge < -0.3 is 20.2 Å². The van der Waals surface area contributed by atoms with Crippen molar-refractivity contribution in [3.63, 3.8) is 0 Å². The van der Waals surface area contributed by atoms with E-state index in [0.717, 1.165) is 39.1 Å². The van der Waals surface area contributed by atoms with Gasteiger partial charge in [0, 0.05) is 50.1 Å². The molecule has 2 aliphatic rings. The van der Waals surface area contributed by atoms with Gasteiger partial charge in [0.05, 0.1) is 6.10 Å². The van der Waals surface area contributed by atoms with Crippen molar-refractivity contribution in [2.24, 2.45) is 0 Å². The number of hydrogen-bond donors (Lipinski definition) is 2. The number of aryl methyl sites for hydroxylation is 1. The van der Waals surface area contributed by atoms with Crippen LogP contribution in [0.2, 0.25) is 0 Å². The Hall–Kier alpha value is -0.680. The Morgan fingerprint density at radius 1 is 1.23 bits per heavy atom. The molecule has 2 atom stereocenters. The number of hydrogen-bond acceptors (Lipinski definition) is 4. The van der Waals surface area contributed by atoms with Crippen molar-refractivity contribution >= 4 is 36.2 Å². The van der Waals surface area contributed by atoms with Crippen LogP contribution in [0.5, 0.6) is 0 Å². The van der Waals surface area contributed by atoms with Crippen LogP contribution in [0.3, 0.4) is 0 Å². The predicted octanol–water partition coefficient (Wildman–Crippen LogP) is 2.21. The third-order valence-electron chi connectivity index (χ3n) is 4.52. The van der Waals surface area contributed by atoms with Gasteiger partial charge in [0.25, 0.3) is 0 Å². The first-order valence-electron chi connectivity index (χ1n) is 7.66. The van der Waals surface area contributed by atoms with Gasteiger partial charge in [0.15, 0.2) is 0 Å². The molecule has 4 nitrogen and oxygen atoms in total. The van der Waals surface area contributed by atoms with Crippen LogP contribution in [0.15, 0.2) is 18.2 Å². The van der Waals surface area contributed by atoms with Crippen LogP contribution in [-0.2, 0) is 0 Å². The second kappa shape index (κ2) is 8.25. The molecule has 0 radical (unpaired) electrons. The lowest BCUT2D eigenvalue weighted by atomic mass is 10.1. The van der Waals surface area contributed by atoms with E-state index in [1.54, 1.807) is 0 Å². The predicted molar refractivity (Wildman–Crippen MR) is 98.2 cm³/mol. The second-order valence-corrected chi connectivity index (χ2v) is 6.11. The lowest BCUT2D eigenvalue weighted by molar-refractivity contribution is 0.198. The fourth-order valence-electron chi connectivity index (χ4n) is 3.36. The average molecular weight is 348 g/mol. The Labute approximate surface area is 145 Å². The highest BCUT2D eigenvalue weighted by Crippen LogP contribution is 2.29. The van der Waals surface area contributed by atoms with E-state index < -0.39 is 0 Å². The highest BCUT2D eigenvalue weighted by molar-refractivity contribution is 5.85. The summed E-state index contributed by atoms with van der Waals surface area (Å²) < 4.78 is 0. The number of aliphatic hydroxyl groups excluding tert-OH is 1. The van der Waals surface area contributed by atoms with E-state index in [1.165, 1.54) is 16.9 Å². The Morgan fingerprint density at radius 2 is 2.00 bits per heavy atom. The maximum atomic E-state index is 9.69. The number of rotatable bonds is 2. The molecule has 126 valence electrons. The summed E-state index contributed by atoms with van der Waals surface area (Å²) in [7, 11) is 0. The van der Waals surface area contributed by atoms with Gasteiger partial charge in [0.1, 0.15) is 0 Å². The topological polar surface area (TPSA) is 38.7 Å². The lowest BCUT2D eigenvalue weighted by Gasteiger charge is -2.36. The Bertz CT molecular complexity index is 486. The van der Waals surface area contributed by atoms with Crippen molar-refractivity contribution < 1.29 is 5.11 Å². The largest absolute Gasteiger partial charge is 0.391 e. The zero-order valence-electron chi connectivity index (χ0n) is 13.3. The standard InChI is InChI=1S/C16H25N3O.2ClH/c1-12-9-14(19-8-6-17-10-13(19)2)3-4-16(12)18-7-5-15(20)11-18;;/h3-4,9,13,15,17,20H,5-8,10-11H2,1-2H3;2*1H/t13-,15+;;/m0../s1. The summed E-state index contributed by atoms with van der Waals surface area (Å²) in [6, 6.07) is 7.29. The normalized spacial score (nSPS) is 24.7. The average Bonchev–Trinajstić information content (AvgIpc) is 2.85. The van der Waals surface area contributed by atoms with Gasteiger partial charge in [-0.1, -0.05) is 0 Å². The van der Waals surface area contributed by atoms with Crippen LogP contribution in [0.4, 0.5) is 11.4 Å². The molecule has 2 saturated heterocycles. The SMILES string of the molecule is Cc1cc(N2CCNC[C@@H]2C)ccc1N1CC[C@@H](O)C1.Cl.Cl. The smallest absolute Gasteiger partial charge is 0.0731 e. The molecule has 1 aromatic carbocycles. The van der Waals surface area contributed by atoms with E-state index in [4.69, 9.17) is 0 Å².